The summed E-state index contributed by atoms with van der Waals surface area (Å²) in [6.07, 6.45) is 7.64. The fraction of sp³-hybridized carbons (Fsp3) is 0.444. The van der Waals surface area contributed by atoms with Crippen molar-refractivity contribution in [3.8, 4) is 0 Å². The Hall–Kier alpha value is -0.390. The second kappa shape index (κ2) is 6.01. The summed E-state index contributed by atoms with van der Waals surface area (Å²) >= 11 is 4.46. The van der Waals surface area contributed by atoms with Gasteiger partial charge in [-0.25, -0.2) is 0 Å². The summed E-state index contributed by atoms with van der Waals surface area (Å²) in [6.45, 7) is 0. The van der Waals surface area contributed by atoms with Crippen LogP contribution in [0.5, 0.6) is 0 Å². The fourth-order valence-corrected chi connectivity index (χ4v) is 5.94. The quantitative estimate of drug-likeness (QED) is 0.698. The number of hydrogen-bond donors (Lipinski definition) is 1. The largest absolute Gasteiger partial charge is 0.307 e. The second-order valence-corrected chi connectivity index (χ2v) is 9.28. The maximum absolute atomic E-state index is 3.97. The number of halogens is 1. The number of fused-ring (bicyclic) bond motifs is 2. The molecule has 0 spiro atoms. The summed E-state index contributed by atoms with van der Waals surface area (Å²) < 4.78 is 1.44. The van der Waals surface area contributed by atoms with Crippen molar-refractivity contribution in [3.05, 3.63) is 54.8 Å². The standard InChI is InChI=1S/C18H20INS/c19-18-11-15-16(6-3-7-17(15)21-18)20-14-9-8-12-4-1-2-5-13(12)10-14/h1-2,4-5,11,14,16,20H,3,6-10H2. The summed E-state index contributed by atoms with van der Waals surface area (Å²) in [5, 5.41) is 3.97. The predicted molar refractivity (Wildman–Crippen MR) is 98.1 cm³/mol. The van der Waals surface area contributed by atoms with Crippen LogP contribution in [0, 0.1) is 2.88 Å². The second-order valence-electron chi connectivity index (χ2n) is 6.25. The van der Waals surface area contributed by atoms with Crippen molar-refractivity contribution in [3.63, 3.8) is 0 Å². The zero-order valence-corrected chi connectivity index (χ0v) is 15.0. The minimum absolute atomic E-state index is 0.587. The first-order valence-electron chi connectivity index (χ1n) is 7.90. The molecule has 4 rings (SSSR count). The number of nitrogens with one attached hydrogen (secondary N) is 1. The minimum atomic E-state index is 0.587. The smallest absolute Gasteiger partial charge is 0.0659 e. The van der Waals surface area contributed by atoms with Crippen LogP contribution in [0.15, 0.2) is 30.3 Å². The summed E-state index contributed by atoms with van der Waals surface area (Å²) in [7, 11) is 0. The summed E-state index contributed by atoms with van der Waals surface area (Å²) in [5.41, 5.74) is 4.71. The molecule has 0 amide bonds. The maximum atomic E-state index is 3.97. The zero-order valence-electron chi connectivity index (χ0n) is 12.1. The Labute approximate surface area is 144 Å². The van der Waals surface area contributed by atoms with Crippen molar-refractivity contribution < 1.29 is 0 Å². The van der Waals surface area contributed by atoms with E-state index in [2.05, 4.69) is 58.2 Å². The average Bonchev–Trinajstić information content (AvgIpc) is 2.89. The Morgan fingerprint density at radius 1 is 1.10 bits per heavy atom. The number of aryl methyl sites for hydroxylation is 2. The zero-order chi connectivity index (χ0) is 14.2. The van der Waals surface area contributed by atoms with E-state index < -0.39 is 0 Å². The molecule has 2 unspecified atom stereocenters. The molecule has 1 nitrogen and oxygen atoms in total. The molecule has 0 saturated carbocycles. The normalized spacial score (nSPS) is 24.4. The van der Waals surface area contributed by atoms with Gasteiger partial charge >= 0.3 is 0 Å². The van der Waals surface area contributed by atoms with Gasteiger partial charge in [0.2, 0.25) is 0 Å². The first kappa shape index (κ1) is 14.2. The molecule has 2 aliphatic rings. The van der Waals surface area contributed by atoms with E-state index in [-0.39, 0.29) is 0 Å². The van der Waals surface area contributed by atoms with Crippen LogP contribution < -0.4 is 5.32 Å². The molecule has 0 radical (unpaired) electrons. The van der Waals surface area contributed by atoms with E-state index in [9.17, 15) is 0 Å². The lowest BCUT2D eigenvalue weighted by molar-refractivity contribution is 0.369. The van der Waals surface area contributed by atoms with E-state index in [1.807, 2.05) is 11.3 Å². The van der Waals surface area contributed by atoms with Crippen molar-refractivity contribution >= 4 is 33.9 Å². The first-order chi connectivity index (χ1) is 10.3. The lowest BCUT2D eigenvalue weighted by Gasteiger charge is -2.32. The van der Waals surface area contributed by atoms with E-state index in [0.717, 1.165) is 0 Å². The summed E-state index contributed by atoms with van der Waals surface area (Å²) in [5.74, 6) is 0. The number of hydrogen-bond acceptors (Lipinski definition) is 2. The Kier molecular flexibility index (Phi) is 4.07. The Morgan fingerprint density at radius 3 is 2.86 bits per heavy atom. The van der Waals surface area contributed by atoms with Crippen molar-refractivity contribution in [2.24, 2.45) is 0 Å². The third-order valence-electron chi connectivity index (χ3n) is 4.87. The highest BCUT2D eigenvalue weighted by atomic mass is 127. The maximum Gasteiger partial charge on any atom is 0.0659 e. The molecule has 1 aromatic carbocycles. The lowest BCUT2D eigenvalue weighted by atomic mass is 9.86. The molecule has 0 aliphatic heterocycles. The Bertz CT molecular complexity index is 648. The van der Waals surface area contributed by atoms with Gasteiger partial charge in [-0.05, 0) is 83.9 Å². The number of benzene rings is 1. The molecule has 0 fully saturated rings. The van der Waals surface area contributed by atoms with Crippen molar-refractivity contribution in [2.75, 3.05) is 0 Å². The third-order valence-corrected chi connectivity index (χ3v) is 6.84. The Morgan fingerprint density at radius 2 is 1.95 bits per heavy atom. The van der Waals surface area contributed by atoms with Crippen molar-refractivity contribution in [1.29, 1.82) is 0 Å². The molecule has 2 atom stereocenters. The van der Waals surface area contributed by atoms with E-state index >= 15 is 0 Å². The van der Waals surface area contributed by atoms with Crippen LogP contribution in [0.25, 0.3) is 0 Å². The minimum Gasteiger partial charge on any atom is -0.307 e. The van der Waals surface area contributed by atoms with Gasteiger partial charge < -0.3 is 5.32 Å². The highest BCUT2D eigenvalue weighted by molar-refractivity contribution is 14.1. The third kappa shape index (κ3) is 2.92. The van der Waals surface area contributed by atoms with E-state index in [0.29, 0.717) is 12.1 Å². The molecule has 1 heterocycles. The molecule has 1 N–H and O–H groups in total. The summed E-state index contributed by atoms with van der Waals surface area (Å²) in [6, 6.07) is 12.6. The van der Waals surface area contributed by atoms with Gasteiger partial charge in [0.05, 0.1) is 2.88 Å². The molecule has 2 aliphatic carbocycles. The molecule has 3 heteroatoms. The van der Waals surface area contributed by atoms with Gasteiger partial charge in [-0.1, -0.05) is 24.3 Å². The predicted octanol–water partition coefficient (Wildman–Crippen LogP) is 4.88. The van der Waals surface area contributed by atoms with Gasteiger partial charge in [-0.3, -0.25) is 0 Å². The number of thiophene rings is 1. The highest BCUT2D eigenvalue weighted by Gasteiger charge is 2.26. The molecule has 21 heavy (non-hydrogen) atoms. The van der Waals surface area contributed by atoms with Gasteiger partial charge in [0.25, 0.3) is 0 Å². The molecule has 110 valence electrons. The average molecular weight is 409 g/mol. The van der Waals surface area contributed by atoms with Crippen molar-refractivity contribution in [1.82, 2.24) is 5.32 Å². The van der Waals surface area contributed by atoms with Crippen LogP contribution in [0.3, 0.4) is 0 Å². The Balaban J connectivity index is 1.50. The topological polar surface area (TPSA) is 12.0 Å². The molecule has 1 aromatic heterocycles. The van der Waals surface area contributed by atoms with E-state index in [1.165, 1.54) is 41.4 Å². The molecular formula is C18H20INS. The summed E-state index contributed by atoms with van der Waals surface area (Å²) in [4.78, 5) is 1.62. The van der Waals surface area contributed by atoms with Gasteiger partial charge in [0.1, 0.15) is 0 Å². The van der Waals surface area contributed by atoms with Gasteiger partial charge in [-0.15, -0.1) is 11.3 Å². The first-order valence-corrected chi connectivity index (χ1v) is 9.80. The fourth-order valence-electron chi connectivity index (χ4n) is 3.82. The van der Waals surface area contributed by atoms with Crippen LogP contribution in [0.4, 0.5) is 0 Å². The van der Waals surface area contributed by atoms with Crippen LogP contribution in [0.2, 0.25) is 0 Å². The molecule has 0 bridgehead atoms. The van der Waals surface area contributed by atoms with E-state index in [1.54, 1.807) is 21.6 Å². The van der Waals surface area contributed by atoms with Gasteiger partial charge in [0.15, 0.2) is 0 Å². The van der Waals surface area contributed by atoms with Crippen LogP contribution in [-0.4, -0.2) is 6.04 Å². The monoisotopic (exact) mass is 409 g/mol. The lowest BCUT2D eigenvalue weighted by Crippen LogP contribution is -2.38. The van der Waals surface area contributed by atoms with Crippen LogP contribution in [0.1, 0.15) is 46.9 Å². The van der Waals surface area contributed by atoms with Crippen LogP contribution in [-0.2, 0) is 19.3 Å². The van der Waals surface area contributed by atoms with Crippen LogP contribution >= 0.6 is 33.9 Å². The molecule has 0 saturated heterocycles. The van der Waals surface area contributed by atoms with Gasteiger partial charge in [0, 0.05) is 17.0 Å². The molecular weight excluding hydrogens is 389 g/mol. The number of rotatable bonds is 2. The van der Waals surface area contributed by atoms with E-state index in [4.69, 9.17) is 0 Å². The van der Waals surface area contributed by atoms with Crippen molar-refractivity contribution in [2.45, 2.75) is 50.6 Å². The highest BCUT2D eigenvalue weighted by Crippen LogP contribution is 2.37. The van der Waals surface area contributed by atoms with Gasteiger partial charge in [-0.2, -0.15) is 0 Å². The SMILES string of the molecule is Ic1cc2c(s1)CCCC2NC1CCc2ccccc2C1. The molecule has 2 aromatic rings.